The summed E-state index contributed by atoms with van der Waals surface area (Å²) in [6.07, 6.45) is 5.99. The molecule has 3 fully saturated rings. The molecule has 0 N–H and O–H groups in total. The normalized spacial score (nSPS) is 28.6. The zero-order chi connectivity index (χ0) is 17.3. The van der Waals surface area contributed by atoms with E-state index in [0.29, 0.717) is 12.5 Å². The zero-order valence-electron chi connectivity index (χ0n) is 15.2. The zero-order valence-corrected chi connectivity index (χ0v) is 15.2. The van der Waals surface area contributed by atoms with Crippen molar-refractivity contribution in [2.75, 3.05) is 32.8 Å². The van der Waals surface area contributed by atoms with E-state index in [0.717, 1.165) is 57.0 Å². The van der Waals surface area contributed by atoms with E-state index in [-0.39, 0.29) is 11.4 Å². The third-order valence-electron chi connectivity index (χ3n) is 6.27. The number of amides is 2. The Morgan fingerprint density at radius 2 is 2.12 bits per heavy atom. The summed E-state index contributed by atoms with van der Waals surface area (Å²) in [5.74, 6) is 0.601. The second kappa shape index (κ2) is 6.94. The minimum atomic E-state index is 0.166. The van der Waals surface area contributed by atoms with E-state index in [1.54, 1.807) is 0 Å². The number of aromatic nitrogens is 1. The van der Waals surface area contributed by atoms with Crippen LogP contribution in [0.4, 0.5) is 4.79 Å². The van der Waals surface area contributed by atoms with Gasteiger partial charge in [0.05, 0.1) is 18.9 Å². The van der Waals surface area contributed by atoms with E-state index < -0.39 is 0 Å². The van der Waals surface area contributed by atoms with Crippen LogP contribution in [0, 0.1) is 18.3 Å². The Bertz CT molecular complexity index is 629. The van der Waals surface area contributed by atoms with Gasteiger partial charge in [0.25, 0.3) is 0 Å². The van der Waals surface area contributed by atoms with Crippen molar-refractivity contribution in [1.29, 1.82) is 0 Å². The first-order chi connectivity index (χ1) is 12.2. The highest BCUT2D eigenvalue weighted by molar-refractivity contribution is 5.75. The van der Waals surface area contributed by atoms with E-state index in [4.69, 9.17) is 4.74 Å². The molecule has 2 aliphatic heterocycles. The highest BCUT2D eigenvalue weighted by Gasteiger charge is 2.51. The Hall–Kier alpha value is -1.62. The number of aryl methyl sites for hydroxylation is 1. The molecule has 5 heteroatoms. The molecular formula is C20H29N3O2. The highest BCUT2D eigenvalue weighted by Crippen LogP contribution is 2.49. The van der Waals surface area contributed by atoms with Crippen molar-refractivity contribution in [2.45, 2.75) is 45.6 Å². The summed E-state index contributed by atoms with van der Waals surface area (Å²) in [7, 11) is 0. The average molecular weight is 343 g/mol. The molecule has 3 aliphatic rings. The number of likely N-dealkylation sites (tertiary alicyclic amines) is 2. The van der Waals surface area contributed by atoms with Gasteiger partial charge in [0, 0.05) is 37.3 Å². The van der Waals surface area contributed by atoms with Crippen LogP contribution in [0.25, 0.3) is 0 Å². The minimum absolute atomic E-state index is 0.166. The fourth-order valence-electron chi connectivity index (χ4n) is 4.94. The molecule has 0 spiro atoms. The predicted octanol–water partition coefficient (Wildman–Crippen LogP) is 3.22. The lowest BCUT2D eigenvalue weighted by atomic mass is 9.81. The number of fused-ring (bicyclic) bond motifs is 1. The predicted molar refractivity (Wildman–Crippen MR) is 96.2 cm³/mol. The van der Waals surface area contributed by atoms with E-state index in [1.165, 1.54) is 19.3 Å². The molecule has 0 unspecified atom stereocenters. The van der Waals surface area contributed by atoms with Crippen molar-refractivity contribution in [3.8, 4) is 0 Å². The second-order valence-electron chi connectivity index (χ2n) is 8.07. The lowest BCUT2D eigenvalue weighted by molar-refractivity contribution is 0.0262. The van der Waals surface area contributed by atoms with Crippen LogP contribution in [0.2, 0.25) is 0 Å². The minimum Gasteiger partial charge on any atom is -0.375 e. The molecule has 0 bridgehead atoms. The average Bonchev–Trinajstić information content (AvgIpc) is 3.30. The Morgan fingerprint density at radius 3 is 2.92 bits per heavy atom. The van der Waals surface area contributed by atoms with Crippen LogP contribution >= 0.6 is 0 Å². The largest absolute Gasteiger partial charge is 0.375 e. The van der Waals surface area contributed by atoms with Gasteiger partial charge in [0.15, 0.2) is 0 Å². The number of carbonyl (C=O) groups is 1. The Kier molecular flexibility index (Phi) is 4.67. The quantitative estimate of drug-likeness (QED) is 0.843. The first kappa shape index (κ1) is 16.8. The van der Waals surface area contributed by atoms with Gasteiger partial charge in [-0.25, -0.2) is 4.79 Å². The number of carbonyl (C=O) groups excluding carboxylic acids is 1. The first-order valence-electron chi connectivity index (χ1n) is 9.70. The van der Waals surface area contributed by atoms with Crippen LogP contribution in [0.3, 0.4) is 0 Å². The summed E-state index contributed by atoms with van der Waals surface area (Å²) < 4.78 is 6.10. The molecule has 1 aromatic rings. The molecule has 0 aromatic carbocycles. The van der Waals surface area contributed by atoms with Gasteiger partial charge in [-0.3, -0.25) is 4.98 Å². The Balaban J connectivity index is 1.36. The first-order valence-corrected chi connectivity index (χ1v) is 9.70. The number of urea groups is 1. The summed E-state index contributed by atoms with van der Waals surface area (Å²) in [4.78, 5) is 21.4. The fraction of sp³-hybridized carbons (Fsp3) is 0.700. The topological polar surface area (TPSA) is 45.7 Å². The van der Waals surface area contributed by atoms with Gasteiger partial charge in [-0.05, 0) is 50.7 Å². The van der Waals surface area contributed by atoms with Gasteiger partial charge < -0.3 is 14.5 Å². The number of rotatable bonds is 4. The van der Waals surface area contributed by atoms with Crippen LogP contribution < -0.4 is 0 Å². The van der Waals surface area contributed by atoms with Crippen molar-refractivity contribution in [3.05, 3.63) is 29.6 Å². The maximum Gasteiger partial charge on any atom is 0.320 e. The van der Waals surface area contributed by atoms with E-state index in [9.17, 15) is 4.79 Å². The summed E-state index contributed by atoms with van der Waals surface area (Å²) in [6.45, 7) is 6.97. The maximum absolute atomic E-state index is 12.8. The summed E-state index contributed by atoms with van der Waals surface area (Å²) in [5, 5.41) is 0. The Labute approximate surface area is 150 Å². The van der Waals surface area contributed by atoms with E-state index in [1.807, 2.05) is 30.0 Å². The lowest BCUT2D eigenvalue weighted by Crippen LogP contribution is -2.42. The number of hydrogen-bond acceptors (Lipinski definition) is 3. The number of ether oxygens (including phenoxy) is 1. The Morgan fingerprint density at radius 1 is 1.28 bits per heavy atom. The molecule has 5 nitrogen and oxygen atoms in total. The number of hydrogen-bond donors (Lipinski definition) is 0. The number of nitrogens with zero attached hydrogens (tertiary/aromatic N) is 3. The molecule has 0 radical (unpaired) electrons. The molecule has 2 atom stereocenters. The van der Waals surface area contributed by atoms with Crippen molar-refractivity contribution in [3.63, 3.8) is 0 Å². The van der Waals surface area contributed by atoms with Crippen LogP contribution in [0.5, 0.6) is 0 Å². The van der Waals surface area contributed by atoms with Crippen molar-refractivity contribution >= 4 is 6.03 Å². The van der Waals surface area contributed by atoms with Crippen molar-refractivity contribution < 1.29 is 9.53 Å². The standard InChI is InChI=1S/C20H29N3O2/c1-16-6-4-8-18(21-16)13-25-15-20-9-5-7-17(20)12-23(14-20)19(24)22-10-2-3-11-22/h4,6,8,17H,2-3,5,7,9-15H2,1H3/t17-,20+/m1/s1. The van der Waals surface area contributed by atoms with E-state index >= 15 is 0 Å². The highest BCUT2D eigenvalue weighted by atomic mass is 16.5. The lowest BCUT2D eigenvalue weighted by Gasteiger charge is -2.29. The molecule has 1 aliphatic carbocycles. The third kappa shape index (κ3) is 3.39. The summed E-state index contributed by atoms with van der Waals surface area (Å²) in [6, 6.07) is 6.32. The van der Waals surface area contributed by atoms with Gasteiger partial charge in [-0.1, -0.05) is 12.5 Å². The molecule has 136 valence electrons. The molecule has 2 saturated heterocycles. The maximum atomic E-state index is 12.8. The van der Waals surface area contributed by atoms with Crippen molar-refractivity contribution in [2.24, 2.45) is 11.3 Å². The van der Waals surface area contributed by atoms with Gasteiger partial charge in [0.1, 0.15) is 0 Å². The smallest absolute Gasteiger partial charge is 0.320 e. The number of pyridine rings is 1. The summed E-state index contributed by atoms with van der Waals surface area (Å²) >= 11 is 0. The van der Waals surface area contributed by atoms with Gasteiger partial charge in [-0.2, -0.15) is 0 Å². The van der Waals surface area contributed by atoms with Crippen LogP contribution in [0.15, 0.2) is 18.2 Å². The summed E-state index contributed by atoms with van der Waals surface area (Å²) in [5.41, 5.74) is 2.19. The monoisotopic (exact) mass is 343 g/mol. The van der Waals surface area contributed by atoms with Gasteiger partial charge in [-0.15, -0.1) is 0 Å². The van der Waals surface area contributed by atoms with E-state index in [2.05, 4.69) is 9.88 Å². The SMILES string of the molecule is Cc1cccc(COC[C@@]23CCC[C@@H]2CN(C(=O)N2CCCC2)C3)n1. The third-order valence-corrected chi connectivity index (χ3v) is 6.27. The van der Waals surface area contributed by atoms with Crippen molar-refractivity contribution in [1.82, 2.24) is 14.8 Å². The fourth-order valence-corrected chi connectivity index (χ4v) is 4.94. The molecular weight excluding hydrogens is 314 g/mol. The van der Waals surface area contributed by atoms with Gasteiger partial charge in [0.2, 0.25) is 0 Å². The molecule has 4 rings (SSSR count). The molecule has 25 heavy (non-hydrogen) atoms. The second-order valence-corrected chi connectivity index (χ2v) is 8.07. The van der Waals surface area contributed by atoms with Crippen LogP contribution in [-0.4, -0.2) is 53.6 Å². The molecule has 1 saturated carbocycles. The van der Waals surface area contributed by atoms with Crippen LogP contribution in [-0.2, 0) is 11.3 Å². The van der Waals surface area contributed by atoms with Gasteiger partial charge >= 0.3 is 6.03 Å². The van der Waals surface area contributed by atoms with Crippen LogP contribution in [0.1, 0.15) is 43.5 Å². The molecule has 2 amide bonds. The molecule has 3 heterocycles. The molecule has 1 aromatic heterocycles.